The molecule has 20 heavy (non-hydrogen) atoms. The SMILES string of the molecule is Cc1cnc(Sc2ccc(C#N)c3ccccc23)nc1. The zero-order chi connectivity index (χ0) is 13.9. The summed E-state index contributed by atoms with van der Waals surface area (Å²) in [6.07, 6.45) is 3.61. The summed E-state index contributed by atoms with van der Waals surface area (Å²) in [6.45, 7) is 1.96. The van der Waals surface area contributed by atoms with E-state index in [0.29, 0.717) is 10.7 Å². The molecule has 0 aliphatic carbocycles. The van der Waals surface area contributed by atoms with Crippen molar-refractivity contribution in [3.8, 4) is 6.07 Å². The standard InChI is InChI=1S/C16H11N3S/c1-11-9-18-16(19-10-11)20-15-7-6-12(8-17)13-4-2-3-5-14(13)15/h2-7,9-10H,1H3. The lowest BCUT2D eigenvalue weighted by Crippen LogP contribution is -1.88. The minimum Gasteiger partial charge on any atom is -0.231 e. The smallest absolute Gasteiger partial charge is 0.192 e. The number of aromatic nitrogens is 2. The predicted molar refractivity (Wildman–Crippen MR) is 79.6 cm³/mol. The van der Waals surface area contributed by atoms with Gasteiger partial charge in [0.2, 0.25) is 0 Å². The lowest BCUT2D eigenvalue weighted by Gasteiger charge is -2.06. The lowest BCUT2D eigenvalue weighted by molar-refractivity contribution is 0.950. The topological polar surface area (TPSA) is 49.6 Å². The average molecular weight is 277 g/mol. The fraction of sp³-hybridized carbons (Fsp3) is 0.0625. The van der Waals surface area contributed by atoms with Crippen LogP contribution in [-0.2, 0) is 0 Å². The van der Waals surface area contributed by atoms with E-state index in [1.54, 1.807) is 12.4 Å². The molecule has 0 radical (unpaired) electrons. The highest BCUT2D eigenvalue weighted by atomic mass is 32.2. The molecule has 0 amide bonds. The first-order valence-corrected chi connectivity index (χ1v) is 6.98. The molecule has 96 valence electrons. The molecule has 0 atom stereocenters. The highest BCUT2D eigenvalue weighted by Gasteiger charge is 2.08. The van der Waals surface area contributed by atoms with Crippen LogP contribution in [0.1, 0.15) is 11.1 Å². The van der Waals surface area contributed by atoms with Gasteiger partial charge in [-0.3, -0.25) is 0 Å². The van der Waals surface area contributed by atoms with Crippen LogP contribution >= 0.6 is 11.8 Å². The molecule has 0 N–H and O–H groups in total. The first-order valence-electron chi connectivity index (χ1n) is 6.16. The number of benzene rings is 2. The highest BCUT2D eigenvalue weighted by Crippen LogP contribution is 2.32. The van der Waals surface area contributed by atoms with Crippen LogP contribution in [0, 0.1) is 18.3 Å². The van der Waals surface area contributed by atoms with Crippen molar-refractivity contribution < 1.29 is 0 Å². The van der Waals surface area contributed by atoms with Crippen LogP contribution in [0.4, 0.5) is 0 Å². The van der Waals surface area contributed by atoms with Crippen LogP contribution in [0.2, 0.25) is 0 Å². The van der Waals surface area contributed by atoms with E-state index in [9.17, 15) is 0 Å². The Morgan fingerprint density at radius 3 is 2.40 bits per heavy atom. The Hall–Kier alpha value is -2.38. The normalized spacial score (nSPS) is 10.4. The molecule has 0 unspecified atom stereocenters. The van der Waals surface area contributed by atoms with Crippen LogP contribution in [0.25, 0.3) is 10.8 Å². The van der Waals surface area contributed by atoms with Gasteiger partial charge >= 0.3 is 0 Å². The van der Waals surface area contributed by atoms with Crippen molar-refractivity contribution in [2.45, 2.75) is 17.0 Å². The van der Waals surface area contributed by atoms with E-state index in [4.69, 9.17) is 5.26 Å². The van der Waals surface area contributed by atoms with Crippen molar-refractivity contribution in [1.82, 2.24) is 9.97 Å². The van der Waals surface area contributed by atoms with Gasteiger partial charge in [-0.2, -0.15) is 5.26 Å². The first-order chi connectivity index (χ1) is 9.78. The van der Waals surface area contributed by atoms with Gasteiger partial charge in [-0.15, -0.1) is 0 Å². The van der Waals surface area contributed by atoms with E-state index in [-0.39, 0.29) is 0 Å². The molecule has 0 aliphatic heterocycles. The van der Waals surface area contributed by atoms with Crippen LogP contribution in [0.3, 0.4) is 0 Å². The third-order valence-electron chi connectivity index (χ3n) is 2.96. The van der Waals surface area contributed by atoms with Gasteiger partial charge in [0.05, 0.1) is 11.6 Å². The van der Waals surface area contributed by atoms with E-state index >= 15 is 0 Å². The fourth-order valence-corrected chi connectivity index (χ4v) is 2.82. The summed E-state index contributed by atoms with van der Waals surface area (Å²) in [5.41, 5.74) is 1.73. The van der Waals surface area contributed by atoms with Crippen molar-refractivity contribution >= 4 is 22.5 Å². The van der Waals surface area contributed by atoms with Crippen molar-refractivity contribution in [3.05, 3.63) is 59.9 Å². The lowest BCUT2D eigenvalue weighted by atomic mass is 10.1. The van der Waals surface area contributed by atoms with Gasteiger partial charge in [0.25, 0.3) is 0 Å². The molecule has 0 aliphatic rings. The quantitative estimate of drug-likeness (QED) is 0.665. The van der Waals surface area contributed by atoms with Crippen LogP contribution in [0.15, 0.2) is 58.8 Å². The molecule has 0 bridgehead atoms. The summed E-state index contributed by atoms with van der Waals surface area (Å²) >= 11 is 1.51. The third-order valence-corrected chi connectivity index (χ3v) is 3.93. The predicted octanol–water partition coefficient (Wildman–Crippen LogP) is 3.96. The Bertz CT molecular complexity index is 804. The molecule has 1 heterocycles. The van der Waals surface area contributed by atoms with Crippen LogP contribution in [0.5, 0.6) is 0 Å². The van der Waals surface area contributed by atoms with Gasteiger partial charge in [0, 0.05) is 22.7 Å². The second-order valence-corrected chi connectivity index (χ2v) is 5.42. The largest absolute Gasteiger partial charge is 0.231 e. The van der Waals surface area contributed by atoms with Crippen molar-refractivity contribution in [2.24, 2.45) is 0 Å². The minimum atomic E-state index is 0.690. The molecular weight excluding hydrogens is 266 g/mol. The van der Waals surface area contributed by atoms with E-state index in [2.05, 4.69) is 16.0 Å². The first kappa shape index (κ1) is 12.6. The zero-order valence-corrected chi connectivity index (χ0v) is 11.7. The molecule has 3 rings (SSSR count). The maximum Gasteiger partial charge on any atom is 0.192 e. The number of hydrogen-bond donors (Lipinski definition) is 0. The molecule has 1 aromatic heterocycles. The van der Waals surface area contributed by atoms with Crippen LogP contribution in [-0.4, -0.2) is 9.97 Å². The minimum absolute atomic E-state index is 0.690. The van der Waals surface area contributed by atoms with Gasteiger partial charge in [-0.25, -0.2) is 9.97 Å². The fourth-order valence-electron chi connectivity index (χ4n) is 1.99. The van der Waals surface area contributed by atoms with E-state index < -0.39 is 0 Å². The van der Waals surface area contributed by atoms with Crippen LogP contribution < -0.4 is 0 Å². The second-order valence-electron chi connectivity index (χ2n) is 4.41. The highest BCUT2D eigenvalue weighted by molar-refractivity contribution is 7.99. The molecule has 3 nitrogen and oxygen atoms in total. The van der Waals surface area contributed by atoms with Gasteiger partial charge in [0.1, 0.15) is 0 Å². The molecule has 0 spiro atoms. The maximum absolute atomic E-state index is 9.17. The summed E-state index contributed by atoms with van der Waals surface area (Å²) < 4.78 is 0. The summed E-state index contributed by atoms with van der Waals surface area (Å²) in [5, 5.41) is 11.9. The van der Waals surface area contributed by atoms with Gasteiger partial charge in [-0.05, 0) is 41.8 Å². The Kier molecular flexibility index (Phi) is 3.36. The summed E-state index contributed by atoms with van der Waals surface area (Å²) in [5.74, 6) is 0. The van der Waals surface area contributed by atoms with E-state index in [0.717, 1.165) is 21.2 Å². The van der Waals surface area contributed by atoms with Gasteiger partial charge < -0.3 is 0 Å². The summed E-state index contributed by atoms with van der Waals surface area (Å²) in [6, 6.07) is 13.9. The zero-order valence-electron chi connectivity index (χ0n) is 10.9. The summed E-state index contributed by atoms with van der Waals surface area (Å²) in [4.78, 5) is 9.68. The molecule has 0 saturated heterocycles. The third kappa shape index (κ3) is 2.36. The number of hydrogen-bond acceptors (Lipinski definition) is 4. The number of rotatable bonds is 2. The van der Waals surface area contributed by atoms with Crippen molar-refractivity contribution in [1.29, 1.82) is 5.26 Å². The molecular formula is C16H11N3S. The Balaban J connectivity index is 2.09. The van der Waals surface area contributed by atoms with E-state index in [1.165, 1.54) is 11.8 Å². The van der Waals surface area contributed by atoms with Gasteiger partial charge in [0.15, 0.2) is 5.16 Å². The number of nitriles is 1. The maximum atomic E-state index is 9.17. The molecule has 2 aromatic carbocycles. The number of aryl methyl sites for hydroxylation is 1. The molecule has 4 heteroatoms. The Morgan fingerprint density at radius 2 is 1.70 bits per heavy atom. The second kappa shape index (κ2) is 5.32. The summed E-state index contributed by atoms with van der Waals surface area (Å²) in [7, 11) is 0. The van der Waals surface area contributed by atoms with Crippen molar-refractivity contribution in [2.75, 3.05) is 0 Å². The monoisotopic (exact) mass is 277 g/mol. The molecule has 3 aromatic rings. The molecule has 0 saturated carbocycles. The van der Waals surface area contributed by atoms with E-state index in [1.807, 2.05) is 43.3 Å². The Labute approximate surface area is 121 Å². The molecule has 0 fully saturated rings. The van der Waals surface area contributed by atoms with Gasteiger partial charge in [-0.1, -0.05) is 24.3 Å². The Morgan fingerprint density at radius 1 is 1.00 bits per heavy atom. The van der Waals surface area contributed by atoms with Crippen molar-refractivity contribution in [3.63, 3.8) is 0 Å². The number of nitrogens with zero attached hydrogens (tertiary/aromatic N) is 3. The average Bonchev–Trinajstić information content (AvgIpc) is 2.50. The number of fused-ring (bicyclic) bond motifs is 1.